The van der Waals surface area contributed by atoms with Gasteiger partial charge in [0, 0.05) is 16.4 Å². The smallest absolute Gasteiger partial charge is 0.339 e. The molecule has 0 aliphatic carbocycles. The normalized spacial score (nSPS) is 10.7. The van der Waals surface area contributed by atoms with Crippen LogP contribution >= 0.6 is 15.9 Å². The zero-order chi connectivity index (χ0) is 16.4. The van der Waals surface area contributed by atoms with Crippen molar-refractivity contribution in [1.82, 2.24) is 4.98 Å². The fraction of sp³-hybridized carbons (Fsp3) is 0.111. The number of para-hydroxylation sites is 1. The Bertz CT molecular complexity index is 876. The molecule has 0 saturated heterocycles. The Morgan fingerprint density at radius 2 is 1.87 bits per heavy atom. The van der Waals surface area contributed by atoms with Crippen molar-refractivity contribution in [3.8, 4) is 0 Å². The van der Waals surface area contributed by atoms with Gasteiger partial charge in [-0.25, -0.2) is 4.79 Å². The Morgan fingerprint density at radius 1 is 1.17 bits per heavy atom. The van der Waals surface area contributed by atoms with Gasteiger partial charge >= 0.3 is 5.97 Å². The molecule has 0 fully saturated rings. The van der Waals surface area contributed by atoms with E-state index in [1.165, 1.54) is 0 Å². The lowest BCUT2D eigenvalue weighted by Gasteiger charge is -2.15. The molecular formula is C18H15BrN2O2. The molecule has 1 aromatic heterocycles. The average molecular weight is 371 g/mol. The number of carboxylic acids is 1. The zero-order valence-electron chi connectivity index (χ0n) is 12.5. The quantitative estimate of drug-likeness (QED) is 0.703. The first-order chi connectivity index (χ1) is 11.1. The molecule has 1 heterocycles. The maximum Gasteiger partial charge on any atom is 0.339 e. The van der Waals surface area contributed by atoms with Crippen LogP contribution in [0.5, 0.6) is 0 Å². The fourth-order valence-electron chi connectivity index (χ4n) is 2.57. The summed E-state index contributed by atoms with van der Waals surface area (Å²) in [4.78, 5) is 16.1. The first-order valence-corrected chi connectivity index (χ1v) is 7.96. The molecule has 0 radical (unpaired) electrons. The van der Waals surface area contributed by atoms with Crippen molar-refractivity contribution in [3.05, 3.63) is 69.8 Å². The number of aromatic carboxylic acids is 1. The molecule has 2 aromatic carbocycles. The molecule has 116 valence electrons. The zero-order valence-corrected chi connectivity index (χ0v) is 14.1. The Balaban J connectivity index is 2.05. The van der Waals surface area contributed by atoms with E-state index in [0.717, 1.165) is 20.9 Å². The first-order valence-electron chi connectivity index (χ1n) is 7.17. The number of halogens is 1. The molecule has 4 nitrogen and oxygen atoms in total. The molecule has 0 aliphatic heterocycles. The summed E-state index contributed by atoms with van der Waals surface area (Å²) in [5.41, 5.74) is 3.20. The Morgan fingerprint density at radius 3 is 2.57 bits per heavy atom. The minimum absolute atomic E-state index is 0.223. The maximum absolute atomic E-state index is 11.7. The topological polar surface area (TPSA) is 62.2 Å². The van der Waals surface area contributed by atoms with Gasteiger partial charge in [0.25, 0.3) is 0 Å². The number of benzene rings is 2. The monoisotopic (exact) mass is 370 g/mol. The number of nitrogens with one attached hydrogen (secondary N) is 1. The van der Waals surface area contributed by atoms with Crippen molar-refractivity contribution in [1.29, 1.82) is 0 Å². The van der Waals surface area contributed by atoms with E-state index in [1.54, 1.807) is 6.92 Å². The second kappa shape index (κ2) is 6.38. The highest BCUT2D eigenvalue weighted by molar-refractivity contribution is 9.10. The molecule has 0 bridgehead atoms. The lowest BCUT2D eigenvalue weighted by Crippen LogP contribution is -2.10. The highest BCUT2D eigenvalue weighted by Gasteiger charge is 2.18. The van der Waals surface area contributed by atoms with Crippen LogP contribution in [0.25, 0.3) is 10.9 Å². The van der Waals surface area contributed by atoms with E-state index >= 15 is 0 Å². The first kappa shape index (κ1) is 15.5. The van der Waals surface area contributed by atoms with Gasteiger partial charge in [0.1, 0.15) is 5.56 Å². The van der Waals surface area contributed by atoms with Gasteiger partial charge in [0.05, 0.1) is 16.9 Å². The third kappa shape index (κ3) is 3.19. The third-order valence-electron chi connectivity index (χ3n) is 3.67. The summed E-state index contributed by atoms with van der Waals surface area (Å²) < 4.78 is 1.01. The second-order valence-corrected chi connectivity index (χ2v) is 6.17. The largest absolute Gasteiger partial charge is 0.478 e. The number of aryl methyl sites for hydroxylation is 1. The van der Waals surface area contributed by atoms with Gasteiger partial charge in [0.2, 0.25) is 0 Å². The lowest BCUT2D eigenvalue weighted by molar-refractivity contribution is 0.0697. The van der Waals surface area contributed by atoms with Gasteiger partial charge in [-0.1, -0.05) is 46.3 Å². The molecule has 0 aliphatic rings. The number of rotatable bonds is 4. The summed E-state index contributed by atoms with van der Waals surface area (Å²) in [6.45, 7) is 2.27. The van der Waals surface area contributed by atoms with Crippen LogP contribution in [-0.4, -0.2) is 16.1 Å². The molecule has 3 aromatic rings. The third-order valence-corrected chi connectivity index (χ3v) is 4.20. The predicted molar refractivity (Wildman–Crippen MR) is 94.9 cm³/mol. The SMILES string of the molecule is Cc1nc2ccccc2c(NCc2ccc(Br)cc2)c1C(=O)O. The molecule has 2 N–H and O–H groups in total. The Labute approximate surface area is 142 Å². The number of hydrogen-bond donors (Lipinski definition) is 2. The van der Waals surface area contributed by atoms with Gasteiger partial charge < -0.3 is 10.4 Å². The fourth-order valence-corrected chi connectivity index (χ4v) is 2.84. The van der Waals surface area contributed by atoms with E-state index in [4.69, 9.17) is 0 Å². The van der Waals surface area contributed by atoms with Crippen LogP contribution in [0.4, 0.5) is 5.69 Å². The molecule has 23 heavy (non-hydrogen) atoms. The minimum atomic E-state index is -0.973. The summed E-state index contributed by atoms with van der Waals surface area (Å²) in [5, 5.41) is 13.6. The van der Waals surface area contributed by atoms with Crippen LogP contribution in [0.3, 0.4) is 0 Å². The molecule has 3 rings (SSSR count). The van der Waals surface area contributed by atoms with E-state index in [0.29, 0.717) is 17.9 Å². The summed E-state index contributed by atoms with van der Waals surface area (Å²) in [6.07, 6.45) is 0. The van der Waals surface area contributed by atoms with Gasteiger partial charge in [0.15, 0.2) is 0 Å². The molecule has 0 spiro atoms. The standard InChI is InChI=1S/C18H15BrN2O2/c1-11-16(18(22)23)17(14-4-2-3-5-15(14)21-11)20-10-12-6-8-13(19)9-7-12/h2-9H,10H2,1H3,(H,20,21)(H,22,23). The number of nitrogens with zero attached hydrogens (tertiary/aromatic N) is 1. The van der Waals surface area contributed by atoms with Crippen LogP contribution in [0.2, 0.25) is 0 Å². The molecule has 5 heteroatoms. The number of pyridine rings is 1. The van der Waals surface area contributed by atoms with Crippen LogP contribution in [0, 0.1) is 6.92 Å². The summed E-state index contributed by atoms with van der Waals surface area (Å²) in [7, 11) is 0. The van der Waals surface area contributed by atoms with Gasteiger partial charge in [-0.2, -0.15) is 0 Å². The van der Waals surface area contributed by atoms with Gasteiger partial charge in [-0.05, 0) is 30.7 Å². The molecule has 0 unspecified atom stereocenters. The maximum atomic E-state index is 11.7. The summed E-state index contributed by atoms with van der Waals surface area (Å²) >= 11 is 3.41. The van der Waals surface area contributed by atoms with Crippen molar-refractivity contribution in [3.63, 3.8) is 0 Å². The van der Waals surface area contributed by atoms with E-state index in [9.17, 15) is 9.90 Å². The number of carboxylic acid groups (broad SMARTS) is 1. The number of aromatic nitrogens is 1. The van der Waals surface area contributed by atoms with Crippen molar-refractivity contribution < 1.29 is 9.90 Å². The van der Waals surface area contributed by atoms with Crippen molar-refractivity contribution in [2.24, 2.45) is 0 Å². The van der Waals surface area contributed by atoms with E-state index < -0.39 is 5.97 Å². The molecular weight excluding hydrogens is 356 g/mol. The van der Waals surface area contributed by atoms with Crippen molar-refractivity contribution in [2.45, 2.75) is 13.5 Å². The van der Waals surface area contributed by atoms with Crippen LogP contribution in [0.1, 0.15) is 21.6 Å². The highest BCUT2D eigenvalue weighted by Crippen LogP contribution is 2.29. The van der Waals surface area contributed by atoms with E-state index in [-0.39, 0.29) is 5.56 Å². The van der Waals surface area contributed by atoms with Gasteiger partial charge in [-0.3, -0.25) is 4.98 Å². The summed E-state index contributed by atoms with van der Waals surface area (Å²) in [5.74, 6) is -0.973. The van der Waals surface area contributed by atoms with Crippen molar-refractivity contribution >= 4 is 38.5 Å². The average Bonchev–Trinajstić information content (AvgIpc) is 2.53. The number of fused-ring (bicyclic) bond motifs is 1. The molecule has 0 saturated carbocycles. The van der Waals surface area contributed by atoms with E-state index in [1.807, 2.05) is 48.5 Å². The minimum Gasteiger partial charge on any atom is -0.478 e. The van der Waals surface area contributed by atoms with Crippen LogP contribution < -0.4 is 5.32 Å². The molecule has 0 amide bonds. The van der Waals surface area contributed by atoms with Gasteiger partial charge in [-0.15, -0.1) is 0 Å². The number of carbonyl (C=O) groups is 1. The summed E-state index contributed by atoms with van der Waals surface area (Å²) in [6, 6.07) is 15.5. The van der Waals surface area contributed by atoms with Crippen LogP contribution in [0.15, 0.2) is 53.0 Å². The van der Waals surface area contributed by atoms with E-state index in [2.05, 4.69) is 26.2 Å². The Hall–Kier alpha value is -2.40. The lowest BCUT2D eigenvalue weighted by atomic mass is 10.1. The molecule has 0 atom stereocenters. The predicted octanol–water partition coefficient (Wildman–Crippen LogP) is 4.62. The highest BCUT2D eigenvalue weighted by atomic mass is 79.9. The number of hydrogen-bond acceptors (Lipinski definition) is 3. The Kier molecular flexibility index (Phi) is 4.30. The second-order valence-electron chi connectivity index (χ2n) is 5.25. The van der Waals surface area contributed by atoms with Crippen molar-refractivity contribution in [2.75, 3.05) is 5.32 Å². The van der Waals surface area contributed by atoms with Crippen LogP contribution in [-0.2, 0) is 6.54 Å². The number of anilines is 1.